The predicted octanol–water partition coefficient (Wildman–Crippen LogP) is 6.76. The lowest BCUT2D eigenvalue weighted by Gasteiger charge is -2.37. The van der Waals surface area contributed by atoms with Crippen molar-refractivity contribution in [1.82, 2.24) is 4.90 Å². The van der Waals surface area contributed by atoms with Crippen LogP contribution in [0, 0.1) is 12.7 Å². The Kier molecular flexibility index (Phi) is 7.47. The van der Waals surface area contributed by atoms with E-state index in [1.54, 1.807) is 12.1 Å². The van der Waals surface area contributed by atoms with Crippen LogP contribution in [-0.4, -0.2) is 42.5 Å². The number of likely N-dealkylation sites (tertiary alicyclic amines) is 1. The molecule has 0 aromatic heterocycles. The van der Waals surface area contributed by atoms with Crippen molar-refractivity contribution in [2.24, 2.45) is 5.16 Å². The van der Waals surface area contributed by atoms with E-state index in [4.69, 9.17) is 14.3 Å². The molecule has 6 heteroatoms. The van der Waals surface area contributed by atoms with Crippen molar-refractivity contribution in [3.05, 3.63) is 83.2 Å². The van der Waals surface area contributed by atoms with Gasteiger partial charge in [0.25, 0.3) is 0 Å². The zero-order valence-corrected chi connectivity index (χ0v) is 21.9. The first kappa shape index (κ1) is 25.3. The molecule has 1 saturated heterocycles. The second-order valence-corrected chi connectivity index (χ2v) is 9.97. The zero-order valence-electron chi connectivity index (χ0n) is 21.9. The van der Waals surface area contributed by atoms with Gasteiger partial charge in [0, 0.05) is 38.9 Å². The van der Waals surface area contributed by atoms with Crippen molar-refractivity contribution in [1.29, 1.82) is 0 Å². The second-order valence-electron chi connectivity index (χ2n) is 9.97. The largest absolute Gasteiger partial charge is 0.493 e. The van der Waals surface area contributed by atoms with E-state index >= 15 is 0 Å². The Labute approximate surface area is 218 Å². The maximum Gasteiger partial charge on any atom is 0.145 e. The Balaban J connectivity index is 1.29. The van der Waals surface area contributed by atoms with Gasteiger partial charge >= 0.3 is 0 Å². The molecule has 0 saturated carbocycles. The molecular weight excluding hydrogens is 467 g/mol. The van der Waals surface area contributed by atoms with Gasteiger partial charge in [0.2, 0.25) is 0 Å². The number of aryl methyl sites for hydroxylation is 1. The lowest BCUT2D eigenvalue weighted by Crippen LogP contribution is -2.44. The molecule has 1 fully saturated rings. The molecule has 37 heavy (non-hydrogen) atoms. The number of rotatable bonds is 8. The fourth-order valence-corrected chi connectivity index (χ4v) is 5.24. The van der Waals surface area contributed by atoms with Gasteiger partial charge in [0.15, 0.2) is 0 Å². The van der Waals surface area contributed by atoms with E-state index in [0.29, 0.717) is 13.2 Å². The van der Waals surface area contributed by atoms with Gasteiger partial charge in [-0.3, -0.25) is 4.90 Å². The average Bonchev–Trinajstić information content (AvgIpc) is 3.31. The van der Waals surface area contributed by atoms with Crippen LogP contribution in [0.15, 0.2) is 65.8 Å². The number of halogens is 1. The first-order valence-electron chi connectivity index (χ1n) is 13.2. The average molecular weight is 503 g/mol. The molecule has 2 heterocycles. The number of benzene rings is 3. The highest BCUT2D eigenvalue weighted by Crippen LogP contribution is 2.41. The van der Waals surface area contributed by atoms with Crippen molar-refractivity contribution in [2.45, 2.75) is 52.2 Å². The van der Waals surface area contributed by atoms with Crippen LogP contribution in [0.5, 0.6) is 11.5 Å². The summed E-state index contributed by atoms with van der Waals surface area (Å²) < 4.78 is 25.7. The minimum atomic E-state index is -0.262. The quantitative estimate of drug-likeness (QED) is 0.341. The molecule has 0 aliphatic carbocycles. The minimum Gasteiger partial charge on any atom is -0.493 e. The summed E-state index contributed by atoms with van der Waals surface area (Å²) in [7, 11) is 0. The minimum absolute atomic E-state index is 0.198. The van der Waals surface area contributed by atoms with Gasteiger partial charge < -0.3 is 14.3 Å². The fraction of sp³-hybridized carbons (Fsp3) is 0.387. The van der Waals surface area contributed by atoms with Crippen molar-refractivity contribution in [2.75, 3.05) is 26.3 Å². The normalized spacial score (nSPS) is 16.9. The van der Waals surface area contributed by atoms with Gasteiger partial charge in [-0.25, -0.2) is 4.39 Å². The highest BCUT2D eigenvalue weighted by Gasteiger charge is 2.42. The molecule has 2 aliphatic heterocycles. The molecule has 2 aliphatic rings. The SMILES string of the molecule is CCOc1cc(CN2CCC3(CC2)CC(c2ccc(C)cc2)=NO3)cc(OCC)c1-c1ccc(F)cc1. The second kappa shape index (κ2) is 10.9. The lowest BCUT2D eigenvalue weighted by molar-refractivity contribution is -0.0627. The van der Waals surface area contributed by atoms with Gasteiger partial charge in [-0.15, -0.1) is 0 Å². The third kappa shape index (κ3) is 5.64. The molecule has 0 N–H and O–H groups in total. The van der Waals surface area contributed by atoms with Crippen molar-refractivity contribution < 1.29 is 18.7 Å². The summed E-state index contributed by atoms with van der Waals surface area (Å²) >= 11 is 0. The summed E-state index contributed by atoms with van der Waals surface area (Å²) in [5.41, 5.74) is 6.13. The summed E-state index contributed by atoms with van der Waals surface area (Å²) in [5.74, 6) is 1.26. The number of ether oxygens (including phenoxy) is 2. The Morgan fingerprint density at radius 2 is 1.49 bits per heavy atom. The number of piperidine rings is 1. The first-order valence-corrected chi connectivity index (χ1v) is 13.2. The van der Waals surface area contributed by atoms with Gasteiger partial charge in [-0.1, -0.05) is 47.1 Å². The van der Waals surface area contributed by atoms with Gasteiger partial charge in [-0.2, -0.15) is 0 Å². The topological polar surface area (TPSA) is 43.3 Å². The smallest absolute Gasteiger partial charge is 0.145 e. The number of oxime groups is 1. The van der Waals surface area contributed by atoms with E-state index in [-0.39, 0.29) is 11.4 Å². The Bertz CT molecular complexity index is 1220. The third-order valence-electron chi connectivity index (χ3n) is 7.26. The maximum absolute atomic E-state index is 13.6. The van der Waals surface area contributed by atoms with Crippen LogP contribution in [0.3, 0.4) is 0 Å². The molecule has 5 rings (SSSR count). The standard InChI is InChI=1S/C31H35FN2O3/c1-4-35-28-18-23(19-29(36-5-2)30(28)25-10-12-26(32)13-11-25)21-34-16-14-31(15-17-34)20-27(33-37-31)24-8-6-22(3)7-9-24/h6-13,18-19H,4-5,14-17,20-21H2,1-3H3. The molecule has 0 bridgehead atoms. The van der Waals surface area contributed by atoms with Crippen molar-refractivity contribution in [3.63, 3.8) is 0 Å². The van der Waals surface area contributed by atoms with E-state index in [9.17, 15) is 4.39 Å². The Hall–Kier alpha value is -3.38. The van der Waals surface area contributed by atoms with E-state index in [1.807, 2.05) is 13.8 Å². The van der Waals surface area contributed by atoms with E-state index in [0.717, 1.165) is 78.4 Å². The van der Waals surface area contributed by atoms with Gasteiger partial charge in [0.05, 0.1) is 24.5 Å². The summed E-state index contributed by atoms with van der Waals surface area (Å²) in [4.78, 5) is 8.50. The Morgan fingerprint density at radius 1 is 0.892 bits per heavy atom. The molecule has 194 valence electrons. The predicted molar refractivity (Wildman–Crippen MR) is 145 cm³/mol. The highest BCUT2D eigenvalue weighted by atomic mass is 19.1. The number of hydrogen-bond acceptors (Lipinski definition) is 5. The molecule has 0 radical (unpaired) electrons. The summed E-state index contributed by atoms with van der Waals surface area (Å²) in [5, 5.41) is 4.47. The van der Waals surface area contributed by atoms with E-state index < -0.39 is 0 Å². The summed E-state index contributed by atoms with van der Waals surface area (Å²) in [6.07, 6.45) is 2.74. The van der Waals surface area contributed by atoms with Crippen molar-refractivity contribution in [3.8, 4) is 22.6 Å². The maximum atomic E-state index is 13.6. The third-order valence-corrected chi connectivity index (χ3v) is 7.26. The molecule has 5 nitrogen and oxygen atoms in total. The fourth-order valence-electron chi connectivity index (χ4n) is 5.24. The van der Waals surface area contributed by atoms with Crippen LogP contribution in [-0.2, 0) is 11.4 Å². The monoisotopic (exact) mass is 502 g/mol. The van der Waals surface area contributed by atoms with Crippen LogP contribution in [0.4, 0.5) is 4.39 Å². The van der Waals surface area contributed by atoms with E-state index in [1.165, 1.54) is 17.7 Å². The molecule has 0 atom stereocenters. The van der Waals surface area contributed by atoms with Crippen LogP contribution < -0.4 is 9.47 Å². The van der Waals surface area contributed by atoms with Gasteiger partial charge in [-0.05, 0) is 61.7 Å². The highest BCUT2D eigenvalue weighted by molar-refractivity contribution is 6.01. The number of hydrogen-bond donors (Lipinski definition) is 0. The molecule has 0 amide bonds. The lowest BCUT2D eigenvalue weighted by atomic mass is 9.85. The van der Waals surface area contributed by atoms with Crippen LogP contribution in [0.2, 0.25) is 0 Å². The van der Waals surface area contributed by atoms with Gasteiger partial charge in [0.1, 0.15) is 22.9 Å². The van der Waals surface area contributed by atoms with Crippen LogP contribution >= 0.6 is 0 Å². The number of nitrogens with zero attached hydrogens (tertiary/aromatic N) is 2. The van der Waals surface area contributed by atoms with Crippen molar-refractivity contribution >= 4 is 5.71 Å². The zero-order chi connectivity index (χ0) is 25.8. The van der Waals surface area contributed by atoms with E-state index in [2.05, 4.69) is 53.4 Å². The molecule has 1 spiro atoms. The first-order chi connectivity index (χ1) is 18.0. The van der Waals surface area contributed by atoms with Crippen LogP contribution in [0.1, 0.15) is 49.8 Å². The summed E-state index contributed by atoms with van der Waals surface area (Å²) in [6.45, 7) is 9.78. The molecule has 0 unspecified atom stereocenters. The molecular formula is C31H35FN2O3. The summed E-state index contributed by atoms with van der Waals surface area (Å²) in [6, 6.07) is 19.2. The molecule has 3 aromatic rings. The van der Waals surface area contributed by atoms with Crippen LogP contribution in [0.25, 0.3) is 11.1 Å². The molecule has 3 aromatic carbocycles. The Morgan fingerprint density at radius 3 is 2.08 bits per heavy atom.